The van der Waals surface area contributed by atoms with Gasteiger partial charge in [-0.25, -0.2) is 4.79 Å². The molecular formula is C14H15NO2. The highest BCUT2D eigenvalue weighted by Crippen LogP contribution is 2.25. The van der Waals surface area contributed by atoms with E-state index in [1.54, 1.807) is 4.57 Å². The van der Waals surface area contributed by atoms with Crippen LogP contribution in [0.15, 0.2) is 36.5 Å². The third-order valence-corrected chi connectivity index (χ3v) is 2.87. The van der Waals surface area contributed by atoms with Crippen LogP contribution in [0, 0.1) is 6.92 Å². The lowest BCUT2D eigenvalue weighted by Crippen LogP contribution is -2.07. The Balaban J connectivity index is 2.55. The lowest BCUT2D eigenvalue weighted by molar-refractivity contribution is 0.0686. The molecule has 1 aromatic heterocycles. The Kier molecular flexibility index (Phi) is 3.00. The second kappa shape index (κ2) is 4.45. The van der Waals surface area contributed by atoms with Crippen molar-refractivity contribution in [2.75, 3.05) is 0 Å². The Hall–Kier alpha value is -2.03. The van der Waals surface area contributed by atoms with Gasteiger partial charge in [-0.2, -0.15) is 0 Å². The summed E-state index contributed by atoms with van der Waals surface area (Å²) in [5.74, 6) is -0.882. The fraction of sp³-hybridized carbons (Fsp3) is 0.214. The number of carboxylic acid groups (broad SMARTS) is 1. The molecule has 1 aromatic carbocycles. The first kappa shape index (κ1) is 11.5. The van der Waals surface area contributed by atoms with Crippen molar-refractivity contribution in [2.24, 2.45) is 0 Å². The van der Waals surface area contributed by atoms with Crippen molar-refractivity contribution in [3.05, 3.63) is 47.8 Å². The van der Waals surface area contributed by atoms with Crippen LogP contribution in [0.2, 0.25) is 0 Å². The van der Waals surface area contributed by atoms with Gasteiger partial charge >= 0.3 is 5.97 Å². The number of benzene rings is 1. The topological polar surface area (TPSA) is 42.2 Å². The van der Waals surface area contributed by atoms with Crippen LogP contribution in [0.5, 0.6) is 0 Å². The Morgan fingerprint density at radius 3 is 2.41 bits per heavy atom. The molecule has 0 atom stereocenters. The van der Waals surface area contributed by atoms with Gasteiger partial charge in [0.1, 0.15) is 5.69 Å². The zero-order valence-electron chi connectivity index (χ0n) is 9.97. The van der Waals surface area contributed by atoms with Crippen LogP contribution in [0.25, 0.3) is 11.1 Å². The van der Waals surface area contributed by atoms with Crippen LogP contribution in [0.3, 0.4) is 0 Å². The third-order valence-electron chi connectivity index (χ3n) is 2.87. The number of carboxylic acids is 1. The van der Waals surface area contributed by atoms with E-state index in [-0.39, 0.29) is 0 Å². The zero-order chi connectivity index (χ0) is 12.4. The lowest BCUT2D eigenvalue weighted by Gasteiger charge is -2.05. The van der Waals surface area contributed by atoms with Gasteiger partial charge in [0, 0.05) is 18.3 Å². The maximum Gasteiger partial charge on any atom is 0.353 e. The molecule has 0 bridgehead atoms. The average Bonchev–Trinajstić information content (AvgIpc) is 2.73. The minimum atomic E-state index is -0.882. The van der Waals surface area contributed by atoms with Crippen LogP contribution >= 0.6 is 0 Å². The van der Waals surface area contributed by atoms with Crippen molar-refractivity contribution in [3.8, 4) is 11.1 Å². The number of nitrogens with zero attached hydrogens (tertiary/aromatic N) is 1. The summed E-state index contributed by atoms with van der Waals surface area (Å²) < 4.78 is 1.75. The average molecular weight is 229 g/mol. The molecule has 0 aliphatic carbocycles. The van der Waals surface area contributed by atoms with Gasteiger partial charge in [0.15, 0.2) is 0 Å². The standard InChI is InChI=1S/C14H15NO2/c1-3-15-9-8-12(13(15)14(16)17)11-6-4-10(2)5-7-11/h4-9H,3H2,1-2H3,(H,16,17). The van der Waals surface area contributed by atoms with Gasteiger partial charge in [-0.05, 0) is 25.5 Å². The predicted molar refractivity (Wildman–Crippen MR) is 67.2 cm³/mol. The molecule has 0 amide bonds. The molecular weight excluding hydrogens is 214 g/mol. The van der Waals surface area contributed by atoms with E-state index >= 15 is 0 Å². The van der Waals surface area contributed by atoms with Crippen molar-refractivity contribution < 1.29 is 9.90 Å². The van der Waals surface area contributed by atoms with Crippen LogP contribution in [-0.2, 0) is 6.54 Å². The normalized spacial score (nSPS) is 10.5. The summed E-state index contributed by atoms with van der Waals surface area (Å²) >= 11 is 0. The summed E-state index contributed by atoms with van der Waals surface area (Å²) in [5.41, 5.74) is 3.25. The van der Waals surface area contributed by atoms with Crippen molar-refractivity contribution in [2.45, 2.75) is 20.4 Å². The summed E-state index contributed by atoms with van der Waals surface area (Å²) in [6.45, 7) is 4.61. The van der Waals surface area contributed by atoms with E-state index in [0.717, 1.165) is 11.1 Å². The summed E-state index contributed by atoms with van der Waals surface area (Å²) in [7, 11) is 0. The molecule has 0 saturated heterocycles. The molecule has 0 fully saturated rings. The van der Waals surface area contributed by atoms with Crippen molar-refractivity contribution in [3.63, 3.8) is 0 Å². The quantitative estimate of drug-likeness (QED) is 0.878. The van der Waals surface area contributed by atoms with E-state index in [1.807, 2.05) is 50.4 Å². The molecule has 0 spiro atoms. The van der Waals surface area contributed by atoms with Crippen LogP contribution < -0.4 is 0 Å². The molecule has 0 radical (unpaired) electrons. The maximum atomic E-state index is 11.3. The van der Waals surface area contributed by atoms with Gasteiger partial charge in [0.05, 0.1) is 0 Å². The molecule has 0 saturated carbocycles. The van der Waals surface area contributed by atoms with Gasteiger partial charge in [0.2, 0.25) is 0 Å². The first-order valence-electron chi connectivity index (χ1n) is 5.63. The number of hydrogen-bond acceptors (Lipinski definition) is 1. The highest BCUT2D eigenvalue weighted by Gasteiger charge is 2.16. The van der Waals surface area contributed by atoms with Gasteiger partial charge in [0.25, 0.3) is 0 Å². The van der Waals surface area contributed by atoms with E-state index in [9.17, 15) is 9.90 Å². The lowest BCUT2D eigenvalue weighted by atomic mass is 10.0. The smallest absolute Gasteiger partial charge is 0.353 e. The number of aromatic carboxylic acids is 1. The first-order chi connectivity index (χ1) is 8.13. The summed E-state index contributed by atoms with van der Waals surface area (Å²) in [4.78, 5) is 11.3. The Bertz CT molecular complexity index is 538. The second-order valence-corrected chi connectivity index (χ2v) is 4.04. The molecule has 3 nitrogen and oxygen atoms in total. The van der Waals surface area contributed by atoms with Crippen molar-refractivity contribution >= 4 is 5.97 Å². The molecule has 0 aliphatic rings. The van der Waals surface area contributed by atoms with Crippen LogP contribution in [0.1, 0.15) is 23.0 Å². The van der Waals surface area contributed by atoms with Gasteiger partial charge in [-0.1, -0.05) is 29.8 Å². The number of hydrogen-bond donors (Lipinski definition) is 1. The van der Waals surface area contributed by atoms with Crippen LogP contribution in [-0.4, -0.2) is 15.6 Å². The first-order valence-corrected chi connectivity index (χ1v) is 5.63. The molecule has 0 aliphatic heterocycles. The fourth-order valence-electron chi connectivity index (χ4n) is 1.94. The molecule has 17 heavy (non-hydrogen) atoms. The van der Waals surface area contributed by atoms with Gasteiger partial charge in [-0.15, -0.1) is 0 Å². The maximum absolute atomic E-state index is 11.3. The number of aromatic nitrogens is 1. The summed E-state index contributed by atoms with van der Waals surface area (Å²) in [5, 5.41) is 9.26. The molecule has 1 N–H and O–H groups in total. The Labute approximate surface area is 100 Å². The largest absolute Gasteiger partial charge is 0.477 e. The molecule has 88 valence electrons. The fourth-order valence-corrected chi connectivity index (χ4v) is 1.94. The number of aryl methyl sites for hydroxylation is 2. The van der Waals surface area contributed by atoms with E-state index in [1.165, 1.54) is 5.56 Å². The number of carbonyl (C=O) groups is 1. The van der Waals surface area contributed by atoms with E-state index in [2.05, 4.69) is 0 Å². The highest BCUT2D eigenvalue weighted by atomic mass is 16.4. The van der Waals surface area contributed by atoms with E-state index in [0.29, 0.717) is 12.2 Å². The van der Waals surface area contributed by atoms with Gasteiger partial charge in [-0.3, -0.25) is 0 Å². The van der Waals surface area contributed by atoms with Crippen molar-refractivity contribution in [1.82, 2.24) is 4.57 Å². The monoisotopic (exact) mass is 229 g/mol. The SMILES string of the molecule is CCn1ccc(-c2ccc(C)cc2)c1C(=O)O. The second-order valence-electron chi connectivity index (χ2n) is 4.04. The van der Waals surface area contributed by atoms with Crippen molar-refractivity contribution in [1.29, 1.82) is 0 Å². The van der Waals surface area contributed by atoms with Crippen LogP contribution in [0.4, 0.5) is 0 Å². The molecule has 3 heteroatoms. The molecule has 2 rings (SSSR count). The van der Waals surface area contributed by atoms with E-state index < -0.39 is 5.97 Å². The minimum Gasteiger partial charge on any atom is -0.477 e. The highest BCUT2D eigenvalue weighted by molar-refractivity contribution is 5.94. The molecule has 0 unspecified atom stereocenters. The summed E-state index contributed by atoms with van der Waals surface area (Å²) in [6.07, 6.45) is 1.82. The molecule has 2 aromatic rings. The minimum absolute atomic E-state index is 0.358. The number of rotatable bonds is 3. The third kappa shape index (κ3) is 2.09. The van der Waals surface area contributed by atoms with Gasteiger partial charge < -0.3 is 9.67 Å². The summed E-state index contributed by atoms with van der Waals surface area (Å²) in [6, 6.07) is 9.75. The predicted octanol–water partition coefficient (Wildman–Crippen LogP) is 3.18. The zero-order valence-corrected chi connectivity index (χ0v) is 9.97. The molecule has 1 heterocycles. The Morgan fingerprint density at radius 2 is 1.88 bits per heavy atom. The van der Waals surface area contributed by atoms with E-state index in [4.69, 9.17) is 0 Å². The Morgan fingerprint density at radius 1 is 1.24 bits per heavy atom.